The smallest absolute Gasteiger partial charge is 0.257 e. The van der Waals surface area contributed by atoms with Crippen molar-refractivity contribution in [3.05, 3.63) is 59.9 Å². The zero-order valence-electron chi connectivity index (χ0n) is 15.6. The Morgan fingerprint density at radius 3 is 2.63 bits per heavy atom. The maximum absolute atomic E-state index is 12.8. The van der Waals surface area contributed by atoms with Gasteiger partial charge in [-0.05, 0) is 49.9 Å². The summed E-state index contributed by atoms with van der Waals surface area (Å²) in [5.74, 6) is 0.778. The van der Waals surface area contributed by atoms with E-state index in [0.717, 1.165) is 42.9 Å². The minimum absolute atomic E-state index is 0.170. The van der Waals surface area contributed by atoms with Gasteiger partial charge in [0.2, 0.25) is 0 Å². The van der Waals surface area contributed by atoms with Gasteiger partial charge in [-0.3, -0.25) is 9.78 Å². The SMILES string of the molecule is Cc1cc(C(=O)Nc2ccc(N3CCN(C)CC3)nc2)c2ncccc2c1. The van der Waals surface area contributed by atoms with Crippen molar-refractivity contribution in [1.29, 1.82) is 0 Å². The van der Waals surface area contributed by atoms with E-state index in [-0.39, 0.29) is 5.91 Å². The lowest BCUT2D eigenvalue weighted by Crippen LogP contribution is -2.44. The fraction of sp³-hybridized carbons (Fsp3) is 0.286. The van der Waals surface area contributed by atoms with Gasteiger partial charge in [0, 0.05) is 37.8 Å². The molecule has 1 fully saturated rings. The largest absolute Gasteiger partial charge is 0.354 e. The molecule has 27 heavy (non-hydrogen) atoms. The number of hydrogen-bond donors (Lipinski definition) is 1. The molecule has 0 radical (unpaired) electrons. The quantitative estimate of drug-likeness (QED) is 0.777. The van der Waals surface area contributed by atoms with Crippen molar-refractivity contribution < 1.29 is 4.79 Å². The van der Waals surface area contributed by atoms with Gasteiger partial charge >= 0.3 is 0 Å². The summed E-state index contributed by atoms with van der Waals surface area (Å²) >= 11 is 0. The lowest BCUT2D eigenvalue weighted by atomic mass is 10.1. The molecule has 0 atom stereocenters. The number of hydrogen-bond acceptors (Lipinski definition) is 5. The average molecular weight is 361 g/mol. The standard InChI is InChI=1S/C21H23N5O/c1-15-12-16-4-3-7-22-20(16)18(13-15)21(27)24-17-5-6-19(23-14-17)26-10-8-25(2)9-11-26/h3-7,12-14H,8-11H2,1-2H3,(H,24,27). The number of anilines is 2. The second-order valence-electron chi connectivity index (χ2n) is 7.04. The molecule has 1 amide bonds. The molecule has 1 aliphatic rings. The average Bonchev–Trinajstić information content (AvgIpc) is 2.68. The molecule has 4 rings (SSSR count). The van der Waals surface area contributed by atoms with E-state index in [1.807, 2.05) is 43.3 Å². The number of piperazine rings is 1. The number of pyridine rings is 2. The van der Waals surface area contributed by atoms with Gasteiger partial charge in [-0.2, -0.15) is 0 Å². The number of aryl methyl sites for hydroxylation is 1. The van der Waals surface area contributed by atoms with E-state index in [1.54, 1.807) is 12.4 Å². The monoisotopic (exact) mass is 361 g/mol. The van der Waals surface area contributed by atoms with Crippen LogP contribution in [-0.2, 0) is 0 Å². The van der Waals surface area contributed by atoms with Gasteiger partial charge in [-0.1, -0.05) is 6.07 Å². The molecule has 1 aromatic carbocycles. The molecule has 6 heteroatoms. The van der Waals surface area contributed by atoms with Crippen LogP contribution in [0.15, 0.2) is 48.8 Å². The van der Waals surface area contributed by atoms with Crippen molar-refractivity contribution in [1.82, 2.24) is 14.9 Å². The third kappa shape index (κ3) is 3.75. The Kier molecular flexibility index (Phi) is 4.73. The number of rotatable bonds is 3. The minimum Gasteiger partial charge on any atom is -0.354 e. The Bertz CT molecular complexity index is 962. The van der Waals surface area contributed by atoms with Crippen LogP contribution in [0.2, 0.25) is 0 Å². The molecule has 3 aromatic rings. The highest BCUT2D eigenvalue weighted by Gasteiger charge is 2.16. The number of benzene rings is 1. The number of aromatic nitrogens is 2. The number of carbonyl (C=O) groups excluding carboxylic acids is 1. The minimum atomic E-state index is -0.170. The van der Waals surface area contributed by atoms with Crippen LogP contribution < -0.4 is 10.2 Å². The Labute approximate surface area is 158 Å². The summed E-state index contributed by atoms with van der Waals surface area (Å²) in [6.45, 7) is 5.99. The molecular weight excluding hydrogens is 338 g/mol. The van der Waals surface area contributed by atoms with Gasteiger partial charge < -0.3 is 15.1 Å². The molecule has 1 saturated heterocycles. The van der Waals surface area contributed by atoms with E-state index in [0.29, 0.717) is 16.8 Å². The molecule has 0 aliphatic carbocycles. The van der Waals surface area contributed by atoms with Gasteiger partial charge in [0.15, 0.2) is 0 Å². The highest BCUT2D eigenvalue weighted by atomic mass is 16.1. The predicted molar refractivity (Wildman–Crippen MR) is 108 cm³/mol. The topological polar surface area (TPSA) is 61.4 Å². The first-order valence-corrected chi connectivity index (χ1v) is 9.16. The van der Waals surface area contributed by atoms with Crippen molar-refractivity contribution >= 4 is 28.3 Å². The number of carbonyl (C=O) groups is 1. The van der Waals surface area contributed by atoms with E-state index in [2.05, 4.69) is 32.1 Å². The Morgan fingerprint density at radius 1 is 1.07 bits per heavy atom. The van der Waals surface area contributed by atoms with E-state index in [4.69, 9.17) is 0 Å². The predicted octanol–water partition coefficient (Wildman–Crippen LogP) is 2.94. The third-order valence-corrected chi connectivity index (χ3v) is 4.93. The Balaban J connectivity index is 1.52. The second-order valence-corrected chi connectivity index (χ2v) is 7.04. The number of nitrogens with zero attached hydrogens (tertiary/aromatic N) is 4. The number of nitrogens with one attached hydrogen (secondary N) is 1. The van der Waals surface area contributed by atoms with Crippen LogP contribution in [0.25, 0.3) is 10.9 Å². The van der Waals surface area contributed by atoms with Crippen molar-refractivity contribution in [3.8, 4) is 0 Å². The van der Waals surface area contributed by atoms with Crippen LogP contribution in [0.1, 0.15) is 15.9 Å². The van der Waals surface area contributed by atoms with E-state index >= 15 is 0 Å². The zero-order chi connectivity index (χ0) is 18.8. The lowest BCUT2D eigenvalue weighted by Gasteiger charge is -2.33. The molecule has 138 valence electrons. The molecule has 1 aliphatic heterocycles. The number of likely N-dealkylation sites (N-methyl/N-ethyl adjacent to an activating group) is 1. The van der Waals surface area contributed by atoms with Crippen molar-refractivity contribution in [3.63, 3.8) is 0 Å². The first-order valence-electron chi connectivity index (χ1n) is 9.16. The first-order chi connectivity index (χ1) is 13.1. The summed E-state index contributed by atoms with van der Waals surface area (Å²) < 4.78 is 0. The van der Waals surface area contributed by atoms with Gasteiger partial charge in [-0.15, -0.1) is 0 Å². The number of amides is 1. The van der Waals surface area contributed by atoms with Crippen LogP contribution in [0.3, 0.4) is 0 Å². The molecular formula is C21H23N5O. The summed E-state index contributed by atoms with van der Waals surface area (Å²) in [6.07, 6.45) is 3.43. The molecule has 0 bridgehead atoms. The summed E-state index contributed by atoms with van der Waals surface area (Å²) in [4.78, 5) is 26.3. The van der Waals surface area contributed by atoms with Gasteiger partial charge in [-0.25, -0.2) is 4.98 Å². The first kappa shape index (κ1) is 17.4. The van der Waals surface area contributed by atoms with Crippen LogP contribution in [0, 0.1) is 6.92 Å². The summed E-state index contributed by atoms with van der Waals surface area (Å²) in [6, 6.07) is 11.6. The number of fused-ring (bicyclic) bond motifs is 1. The fourth-order valence-corrected chi connectivity index (χ4v) is 3.40. The maximum Gasteiger partial charge on any atom is 0.257 e. The molecule has 0 unspecified atom stereocenters. The normalized spacial score (nSPS) is 15.1. The fourth-order valence-electron chi connectivity index (χ4n) is 3.40. The molecule has 3 heterocycles. The highest BCUT2D eigenvalue weighted by molar-refractivity contribution is 6.12. The Hall–Kier alpha value is -2.99. The van der Waals surface area contributed by atoms with Crippen LogP contribution in [0.5, 0.6) is 0 Å². The highest BCUT2D eigenvalue weighted by Crippen LogP contribution is 2.21. The molecule has 0 spiro atoms. The Morgan fingerprint density at radius 2 is 1.89 bits per heavy atom. The molecule has 0 saturated carbocycles. The van der Waals surface area contributed by atoms with Crippen molar-refractivity contribution in [2.45, 2.75) is 6.92 Å². The van der Waals surface area contributed by atoms with E-state index < -0.39 is 0 Å². The third-order valence-electron chi connectivity index (χ3n) is 4.93. The maximum atomic E-state index is 12.8. The van der Waals surface area contributed by atoms with Crippen LogP contribution >= 0.6 is 0 Å². The van der Waals surface area contributed by atoms with Gasteiger partial charge in [0.25, 0.3) is 5.91 Å². The van der Waals surface area contributed by atoms with Gasteiger partial charge in [0.1, 0.15) is 5.82 Å². The second kappa shape index (κ2) is 7.32. The van der Waals surface area contributed by atoms with Gasteiger partial charge in [0.05, 0.1) is 23.0 Å². The summed E-state index contributed by atoms with van der Waals surface area (Å²) in [5, 5.41) is 3.91. The van der Waals surface area contributed by atoms with Crippen molar-refractivity contribution in [2.75, 3.05) is 43.4 Å². The molecule has 6 nitrogen and oxygen atoms in total. The van der Waals surface area contributed by atoms with E-state index in [9.17, 15) is 4.79 Å². The van der Waals surface area contributed by atoms with E-state index in [1.165, 1.54) is 0 Å². The lowest BCUT2D eigenvalue weighted by molar-refractivity contribution is 0.102. The van der Waals surface area contributed by atoms with Crippen LogP contribution in [-0.4, -0.2) is 54.0 Å². The summed E-state index contributed by atoms with van der Waals surface area (Å²) in [7, 11) is 2.13. The molecule has 2 aromatic heterocycles. The summed E-state index contributed by atoms with van der Waals surface area (Å²) in [5.41, 5.74) is 3.00. The van der Waals surface area contributed by atoms with Crippen molar-refractivity contribution in [2.24, 2.45) is 0 Å². The molecule has 1 N–H and O–H groups in total. The zero-order valence-corrected chi connectivity index (χ0v) is 15.6. The van der Waals surface area contributed by atoms with Crippen LogP contribution in [0.4, 0.5) is 11.5 Å².